The van der Waals surface area contributed by atoms with Crippen LogP contribution in [-0.2, 0) is 9.59 Å². The molecule has 0 spiro atoms. The van der Waals surface area contributed by atoms with E-state index in [2.05, 4.69) is 21.2 Å². The van der Waals surface area contributed by atoms with E-state index in [4.69, 9.17) is 33.4 Å². The predicted octanol–water partition coefficient (Wildman–Crippen LogP) is 4.05. The Balaban J connectivity index is 0.000000493. The van der Waals surface area contributed by atoms with E-state index in [1.165, 1.54) is 19.3 Å². The first-order valence-corrected chi connectivity index (χ1v) is 12.9. The summed E-state index contributed by atoms with van der Waals surface area (Å²) in [6, 6.07) is 6.23. The lowest BCUT2D eigenvalue weighted by Gasteiger charge is -2.37. The zero-order valence-corrected chi connectivity index (χ0v) is 22.3. The number of hydrogen-bond acceptors (Lipinski definition) is 5. The average Bonchev–Trinajstić information content (AvgIpc) is 2.85. The molecule has 1 saturated carbocycles. The predicted molar refractivity (Wildman–Crippen MR) is 142 cm³/mol. The second kappa shape index (κ2) is 14.9. The van der Waals surface area contributed by atoms with Gasteiger partial charge in [-0.25, -0.2) is 14.4 Å². The molecule has 2 fully saturated rings. The fraction of sp³-hybridized carbons (Fsp3) is 0.560. The Kier molecular flexibility index (Phi) is 12.3. The summed E-state index contributed by atoms with van der Waals surface area (Å²) in [5.74, 6) is -1.73. The van der Waals surface area contributed by atoms with Gasteiger partial charge in [-0.3, -0.25) is 4.90 Å². The van der Waals surface area contributed by atoms with Crippen molar-refractivity contribution in [2.24, 2.45) is 5.92 Å². The maximum absolute atomic E-state index is 11.8. The minimum Gasteiger partial charge on any atom is -0.478 e. The van der Waals surface area contributed by atoms with Gasteiger partial charge in [-0.05, 0) is 56.7 Å². The van der Waals surface area contributed by atoms with Crippen LogP contribution in [0.15, 0.2) is 30.4 Å². The fourth-order valence-corrected chi connectivity index (χ4v) is 4.77. The van der Waals surface area contributed by atoms with Crippen LogP contribution in [0.5, 0.6) is 0 Å². The van der Waals surface area contributed by atoms with Crippen LogP contribution in [0.2, 0.25) is 10.0 Å². The van der Waals surface area contributed by atoms with Crippen molar-refractivity contribution >= 4 is 46.9 Å². The number of carbonyl (C=O) groups excluding carboxylic acids is 1. The lowest BCUT2D eigenvalue weighted by molar-refractivity contribution is -0.134. The largest absolute Gasteiger partial charge is 0.478 e. The normalized spacial score (nSPS) is 20.4. The van der Waals surface area contributed by atoms with Gasteiger partial charge in [0.25, 0.3) is 0 Å². The van der Waals surface area contributed by atoms with Crippen molar-refractivity contribution in [3.8, 4) is 0 Å². The molecule has 0 radical (unpaired) electrons. The smallest absolute Gasteiger partial charge is 0.328 e. The van der Waals surface area contributed by atoms with Crippen molar-refractivity contribution in [3.63, 3.8) is 0 Å². The van der Waals surface area contributed by atoms with Crippen LogP contribution in [0, 0.1) is 5.92 Å². The lowest BCUT2D eigenvalue weighted by atomic mass is 9.84. The molecule has 0 atom stereocenters. The van der Waals surface area contributed by atoms with E-state index in [0.29, 0.717) is 28.2 Å². The minimum absolute atomic E-state index is 0.0288. The maximum Gasteiger partial charge on any atom is 0.328 e. The van der Waals surface area contributed by atoms with Crippen LogP contribution in [0.4, 0.5) is 10.5 Å². The Morgan fingerprint density at radius 1 is 1.00 bits per heavy atom. The molecule has 1 heterocycles. The number of nitrogens with zero attached hydrogens (tertiary/aromatic N) is 3. The Hall–Kier alpha value is -2.49. The van der Waals surface area contributed by atoms with Gasteiger partial charge in [0.1, 0.15) is 0 Å². The molecule has 0 unspecified atom stereocenters. The topological polar surface area (TPSA) is 113 Å². The molecular formula is C25H36Cl2N4O5. The van der Waals surface area contributed by atoms with Gasteiger partial charge < -0.3 is 25.3 Å². The molecule has 9 nitrogen and oxygen atoms in total. The van der Waals surface area contributed by atoms with Gasteiger partial charge in [-0.2, -0.15) is 0 Å². The number of carboxylic acid groups (broad SMARTS) is 2. The number of benzene rings is 1. The number of aliphatic carboxylic acids is 2. The standard InChI is InChI=1S/C21H32Cl2N4O.C4H4O4/c1-25(2)21(28)24-17-8-6-16(7-9-17)10-11-26-12-14-27(15-13-26)19-5-3-4-18(22)20(19)23;5-3(6)1-2-4(7)8/h3-5,16-17H,6-15H2,1-2H3,(H,24,28);1-2H,(H,5,6)(H,7,8)/b;2-1-. The second-order valence-corrected chi connectivity index (χ2v) is 10.0. The number of carbonyl (C=O) groups is 3. The highest BCUT2D eigenvalue weighted by Crippen LogP contribution is 2.33. The highest BCUT2D eigenvalue weighted by molar-refractivity contribution is 6.43. The highest BCUT2D eigenvalue weighted by atomic mass is 35.5. The van der Waals surface area contributed by atoms with Gasteiger partial charge in [0.05, 0.1) is 15.7 Å². The number of amides is 2. The summed E-state index contributed by atoms with van der Waals surface area (Å²) in [6.45, 7) is 5.28. The SMILES string of the molecule is CN(C)C(=O)NC1CCC(CCN2CCN(c3cccc(Cl)c3Cl)CC2)CC1.O=C(O)/C=C\C(=O)O. The molecule has 11 heteroatoms. The van der Waals surface area contributed by atoms with E-state index >= 15 is 0 Å². The molecule has 2 aliphatic rings. The van der Waals surface area contributed by atoms with Gasteiger partial charge in [0, 0.05) is 58.5 Å². The average molecular weight is 543 g/mol. The third-order valence-corrected chi connectivity index (χ3v) is 7.26. The molecule has 1 aliphatic carbocycles. The van der Waals surface area contributed by atoms with E-state index < -0.39 is 11.9 Å². The van der Waals surface area contributed by atoms with Crippen molar-refractivity contribution in [2.45, 2.75) is 38.1 Å². The summed E-state index contributed by atoms with van der Waals surface area (Å²) in [7, 11) is 3.59. The van der Waals surface area contributed by atoms with Crippen LogP contribution in [0.1, 0.15) is 32.1 Å². The molecule has 0 bridgehead atoms. The van der Waals surface area contributed by atoms with Gasteiger partial charge >= 0.3 is 18.0 Å². The van der Waals surface area contributed by atoms with Gasteiger partial charge in [0.15, 0.2) is 0 Å². The monoisotopic (exact) mass is 542 g/mol. The molecule has 1 aliphatic heterocycles. The first kappa shape index (κ1) is 29.7. The summed E-state index contributed by atoms with van der Waals surface area (Å²) in [6.07, 6.45) is 7.01. The van der Waals surface area contributed by atoms with Gasteiger partial charge in [-0.15, -0.1) is 0 Å². The van der Waals surface area contributed by atoms with Crippen LogP contribution < -0.4 is 10.2 Å². The number of anilines is 1. The molecule has 3 N–H and O–H groups in total. The van der Waals surface area contributed by atoms with Crippen molar-refractivity contribution in [1.82, 2.24) is 15.1 Å². The lowest BCUT2D eigenvalue weighted by Crippen LogP contribution is -2.47. The number of hydrogen-bond donors (Lipinski definition) is 3. The van der Waals surface area contributed by atoms with Crippen molar-refractivity contribution < 1.29 is 24.6 Å². The Bertz CT molecular complexity index is 896. The molecule has 3 rings (SSSR count). The number of halogens is 2. The third kappa shape index (κ3) is 10.2. The van der Waals surface area contributed by atoms with E-state index in [0.717, 1.165) is 57.2 Å². The molecular weight excluding hydrogens is 507 g/mol. The Morgan fingerprint density at radius 3 is 2.11 bits per heavy atom. The highest BCUT2D eigenvalue weighted by Gasteiger charge is 2.24. The number of urea groups is 1. The second-order valence-electron chi connectivity index (χ2n) is 9.26. The minimum atomic E-state index is -1.26. The molecule has 36 heavy (non-hydrogen) atoms. The fourth-order valence-electron chi connectivity index (χ4n) is 4.36. The first-order valence-electron chi connectivity index (χ1n) is 12.1. The van der Waals surface area contributed by atoms with E-state index in [-0.39, 0.29) is 6.03 Å². The number of carboxylic acids is 2. The number of nitrogens with one attached hydrogen (secondary N) is 1. The Morgan fingerprint density at radius 2 is 1.58 bits per heavy atom. The summed E-state index contributed by atoms with van der Waals surface area (Å²) >= 11 is 12.5. The number of rotatable bonds is 7. The van der Waals surface area contributed by atoms with Crippen molar-refractivity contribution in [2.75, 3.05) is 51.7 Å². The molecule has 1 aromatic rings. The van der Waals surface area contributed by atoms with E-state index in [1.807, 2.05) is 12.1 Å². The molecule has 1 saturated heterocycles. The third-order valence-electron chi connectivity index (χ3n) is 6.45. The summed E-state index contributed by atoms with van der Waals surface area (Å²) < 4.78 is 0. The Labute approximate surface area is 222 Å². The van der Waals surface area contributed by atoms with Crippen LogP contribution >= 0.6 is 23.2 Å². The van der Waals surface area contributed by atoms with Crippen LogP contribution in [-0.4, -0.2) is 90.8 Å². The van der Waals surface area contributed by atoms with E-state index in [1.54, 1.807) is 19.0 Å². The molecule has 1 aromatic carbocycles. The number of piperazine rings is 1. The summed E-state index contributed by atoms with van der Waals surface area (Å²) in [5, 5.41) is 20.0. The van der Waals surface area contributed by atoms with Gasteiger partial charge in [0.2, 0.25) is 0 Å². The maximum atomic E-state index is 11.8. The van der Waals surface area contributed by atoms with Crippen molar-refractivity contribution in [3.05, 3.63) is 40.4 Å². The summed E-state index contributed by atoms with van der Waals surface area (Å²) in [5.41, 5.74) is 1.05. The molecule has 0 aromatic heterocycles. The molecule has 2 amide bonds. The zero-order valence-electron chi connectivity index (χ0n) is 20.8. The van der Waals surface area contributed by atoms with Gasteiger partial charge in [-0.1, -0.05) is 29.3 Å². The molecule has 200 valence electrons. The zero-order chi connectivity index (χ0) is 26.7. The van der Waals surface area contributed by atoms with Crippen molar-refractivity contribution in [1.29, 1.82) is 0 Å². The quantitative estimate of drug-likeness (QED) is 0.445. The van der Waals surface area contributed by atoms with Crippen LogP contribution in [0.3, 0.4) is 0 Å². The van der Waals surface area contributed by atoms with E-state index in [9.17, 15) is 14.4 Å². The van der Waals surface area contributed by atoms with Crippen LogP contribution in [0.25, 0.3) is 0 Å². The summed E-state index contributed by atoms with van der Waals surface area (Å²) in [4.78, 5) is 37.4. The first-order chi connectivity index (χ1) is 17.1.